The summed E-state index contributed by atoms with van der Waals surface area (Å²) in [4.78, 5) is 0.437. The van der Waals surface area contributed by atoms with E-state index < -0.39 is 10.0 Å². The van der Waals surface area contributed by atoms with E-state index in [-0.39, 0.29) is 10.3 Å². The van der Waals surface area contributed by atoms with Crippen LogP contribution in [0.2, 0.25) is 0 Å². The zero-order valence-corrected chi connectivity index (χ0v) is 13.5. The topological polar surface area (TPSA) is 61.2 Å². The zero-order chi connectivity index (χ0) is 14.8. The summed E-state index contributed by atoms with van der Waals surface area (Å²) < 4.78 is 26.9. The molecule has 4 nitrogen and oxygen atoms in total. The molecule has 0 amide bonds. The van der Waals surface area contributed by atoms with Crippen LogP contribution in [0.1, 0.15) is 43.9 Å². The van der Waals surface area contributed by atoms with Gasteiger partial charge < -0.3 is 0 Å². The lowest BCUT2D eigenvalue weighted by Crippen LogP contribution is -2.39. The molecule has 0 atom stereocenters. The van der Waals surface area contributed by atoms with Gasteiger partial charge in [0, 0.05) is 13.1 Å². The summed E-state index contributed by atoms with van der Waals surface area (Å²) >= 11 is 1.05. The number of hydrogen-bond donors (Lipinski definition) is 0. The van der Waals surface area contributed by atoms with Crippen LogP contribution in [-0.4, -0.2) is 25.8 Å². The molecule has 1 aliphatic carbocycles. The molecule has 0 spiro atoms. The van der Waals surface area contributed by atoms with Crippen LogP contribution in [0.4, 0.5) is 0 Å². The molecule has 1 heterocycles. The summed E-state index contributed by atoms with van der Waals surface area (Å²) in [6.07, 6.45) is 5.26. The third-order valence-electron chi connectivity index (χ3n) is 4.23. The molecule has 0 N–H and O–H groups in total. The molecule has 1 saturated carbocycles. The van der Waals surface area contributed by atoms with Crippen molar-refractivity contribution in [3.63, 3.8) is 0 Å². The average molecular weight is 312 g/mol. The normalized spacial score (nSPS) is 23.7. The van der Waals surface area contributed by atoms with Crippen molar-refractivity contribution >= 4 is 21.4 Å². The minimum atomic E-state index is -3.45. The summed E-state index contributed by atoms with van der Waals surface area (Å²) in [6, 6.07) is 5.18. The highest BCUT2D eigenvalue weighted by molar-refractivity contribution is 7.91. The van der Waals surface area contributed by atoms with Gasteiger partial charge in [0.05, 0.1) is 0 Å². The van der Waals surface area contributed by atoms with Crippen LogP contribution in [0.25, 0.3) is 0 Å². The first-order chi connectivity index (χ1) is 9.48. The quantitative estimate of drug-likeness (QED) is 0.857. The van der Waals surface area contributed by atoms with Crippen LogP contribution in [0, 0.1) is 17.2 Å². The summed E-state index contributed by atoms with van der Waals surface area (Å²) in [7, 11) is -1.79. The van der Waals surface area contributed by atoms with Crippen LogP contribution in [0.15, 0.2) is 16.3 Å². The number of nitrogens with zero attached hydrogens (tertiary/aromatic N) is 2. The molecule has 0 radical (unpaired) electrons. The first-order valence-electron chi connectivity index (χ1n) is 6.97. The smallest absolute Gasteiger partial charge is 0.206 e. The van der Waals surface area contributed by atoms with E-state index >= 15 is 0 Å². The number of nitriles is 1. The Balaban J connectivity index is 2.12. The number of thiophene rings is 1. The molecule has 110 valence electrons. The Labute approximate surface area is 125 Å². The van der Waals surface area contributed by atoms with E-state index in [4.69, 9.17) is 5.26 Å². The van der Waals surface area contributed by atoms with Crippen LogP contribution in [0.5, 0.6) is 0 Å². The Morgan fingerprint density at radius 1 is 1.35 bits per heavy atom. The van der Waals surface area contributed by atoms with Crippen LogP contribution < -0.4 is 0 Å². The first kappa shape index (κ1) is 15.5. The van der Waals surface area contributed by atoms with E-state index in [0.29, 0.717) is 4.88 Å². The monoisotopic (exact) mass is 312 g/mol. The van der Waals surface area contributed by atoms with Crippen molar-refractivity contribution in [1.82, 2.24) is 4.31 Å². The maximum atomic E-state index is 12.5. The SMILES string of the molecule is CCC1CCC(N(C)S(=O)(=O)c2ccc(C#N)s2)CC1. The molecule has 1 aliphatic rings. The first-order valence-corrected chi connectivity index (χ1v) is 9.22. The molecule has 2 rings (SSSR count). The largest absolute Gasteiger partial charge is 0.252 e. The average Bonchev–Trinajstić information content (AvgIpc) is 2.96. The van der Waals surface area contributed by atoms with Gasteiger partial charge >= 0.3 is 0 Å². The van der Waals surface area contributed by atoms with E-state index in [0.717, 1.165) is 42.9 Å². The predicted octanol–water partition coefficient (Wildman–Crippen LogP) is 3.21. The van der Waals surface area contributed by atoms with Gasteiger partial charge in [-0.1, -0.05) is 13.3 Å². The van der Waals surface area contributed by atoms with Gasteiger partial charge in [-0.05, 0) is 43.7 Å². The molecule has 1 aromatic heterocycles. The standard InChI is InChI=1S/C14H20N2O2S2/c1-3-11-4-6-12(7-5-11)16(2)20(17,18)14-9-8-13(10-15)19-14/h8-9,11-12H,3-7H2,1-2H3. The molecule has 20 heavy (non-hydrogen) atoms. The van der Waals surface area contributed by atoms with Crippen LogP contribution >= 0.6 is 11.3 Å². The van der Waals surface area contributed by atoms with E-state index in [1.165, 1.54) is 16.8 Å². The molecular weight excluding hydrogens is 292 g/mol. The molecule has 6 heteroatoms. The van der Waals surface area contributed by atoms with Gasteiger partial charge in [-0.2, -0.15) is 9.57 Å². The lowest BCUT2D eigenvalue weighted by atomic mass is 9.85. The van der Waals surface area contributed by atoms with Crippen molar-refractivity contribution in [2.24, 2.45) is 5.92 Å². The van der Waals surface area contributed by atoms with E-state index in [9.17, 15) is 8.42 Å². The van der Waals surface area contributed by atoms with Crippen molar-refractivity contribution in [2.75, 3.05) is 7.05 Å². The van der Waals surface area contributed by atoms with Gasteiger partial charge in [-0.25, -0.2) is 8.42 Å². The minimum absolute atomic E-state index is 0.0930. The number of hydrogen-bond acceptors (Lipinski definition) is 4. The van der Waals surface area contributed by atoms with Crippen LogP contribution in [0.3, 0.4) is 0 Å². The summed E-state index contributed by atoms with van der Waals surface area (Å²) in [5.74, 6) is 0.745. The van der Waals surface area contributed by atoms with Crippen molar-refractivity contribution in [3.8, 4) is 6.07 Å². The number of rotatable bonds is 4. The van der Waals surface area contributed by atoms with Crippen molar-refractivity contribution in [3.05, 3.63) is 17.0 Å². The maximum Gasteiger partial charge on any atom is 0.252 e. The number of sulfonamides is 1. The van der Waals surface area contributed by atoms with Gasteiger partial charge in [0.25, 0.3) is 10.0 Å². The van der Waals surface area contributed by atoms with E-state index in [2.05, 4.69) is 6.92 Å². The highest BCUT2D eigenvalue weighted by Gasteiger charge is 2.31. The molecule has 1 fully saturated rings. The molecule has 0 aromatic carbocycles. The predicted molar refractivity (Wildman–Crippen MR) is 80.0 cm³/mol. The Hall–Kier alpha value is -0.900. The lowest BCUT2D eigenvalue weighted by Gasteiger charge is -2.33. The Morgan fingerprint density at radius 2 is 2.00 bits per heavy atom. The molecule has 1 aromatic rings. The second-order valence-corrected chi connectivity index (χ2v) is 8.64. The lowest BCUT2D eigenvalue weighted by molar-refractivity contribution is 0.233. The van der Waals surface area contributed by atoms with Gasteiger partial charge in [0.2, 0.25) is 0 Å². The van der Waals surface area contributed by atoms with Gasteiger partial charge in [0.1, 0.15) is 15.2 Å². The highest BCUT2D eigenvalue weighted by Crippen LogP contribution is 2.32. The van der Waals surface area contributed by atoms with Gasteiger partial charge in [0.15, 0.2) is 0 Å². The molecule has 0 bridgehead atoms. The summed E-state index contributed by atoms with van der Waals surface area (Å²) in [6.45, 7) is 2.19. The molecule has 0 saturated heterocycles. The summed E-state index contributed by atoms with van der Waals surface area (Å²) in [5.41, 5.74) is 0. The Morgan fingerprint density at radius 3 is 2.50 bits per heavy atom. The second-order valence-electron chi connectivity index (χ2n) is 5.33. The molecule has 0 aliphatic heterocycles. The third-order valence-corrected chi connectivity index (χ3v) is 7.60. The third kappa shape index (κ3) is 3.05. The highest BCUT2D eigenvalue weighted by atomic mass is 32.2. The van der Waals surface area contributed by atoms with Crippen molar-refractivity contribution < 1.29 is 8.42 Å². The van der Waals surface area contributed by atoms with Gasteiger partial charge in [-0.15, -0.1) is 11.3 Å². The fourth-order valence-corrected chi connectivity index (χ4v) is 5.48. The van der Waals surface area contributed by atoms with Crippen molar-refractivity contribution in [1.29, 1.82) is 5.26 Å². The second kappa shape index (κ2) is 6.25. The Kier molecular flexibility index (Phi) is 4.84. The Bertz CT molecular complexity index is 593. The fourth-order valence-electron chi connectivity index (χ4n) is 2.77. The molecular formula is C14H20N2O2S2. The van der Waals surface area contributed by atoms with Gasteiger partial charge in [-0.3, -0.25) is 0 Å². The summed E-state index contributed by atoms with van der Waals surface area (Å²) in [5, 5.41) is 8.81. The minimum Gasteiger partial charge on any atom is -0.206 e. The molecule has 0 unspecified atom stereocenters. The van der Waals surface area contributed by atoms with Crippen molar-refractivity contribution in [2.45, 2.75) is 49.3 Å². The maximum absolute atomic E-state index is 12.5. The van der Waals surface area contributed by atoms with E-state index in [1.54, 1.807) is 13.1 Å². The van der Waals surface area contributed by atoms with Crippen LogP contribution in [-0.2, 0) is 10.0 Å². The fraction of sp³-hybridized carbons (Fsp3) is 0.643. The zero-order valence-electron chi connectivity index (χ0n) is 11.9. The van der Waals surface area contributed by atoms with E-state index in [1.807, 2.05) is 6.07 Å².